The fourth-order valence-corrected chi connectivity index (χ4v) is 2.55. The van der Waals surface area contributed by atoms with Crippen molar-refractivity contribution in [3.05, 3.63) is 30.5 Å². The highest BCUT2D eigenvalue weighted by molar-refractivity contribution is 5.79. The molecule has 0 aliphatic carbocycles. The van der Waals surface area contributed by atoms with Crippen molar-refractivity contribution in [2.45, 2.75) is 25.3 Å². The summed E-state index contributed by atoms with van der Waals surface area (Å²) < 4.78 is 0. The summed E-state index contributed by atoms with van der Waals surface area (Å²) >= 11 is 0. The third-order valence-electron chi connectivity index (χ3n) is 3.52. The van der Waals surface area contributed by atoms with Gasteiger partial charge in [0.15, 0.2) is 0 Å². The average molecular weight is 257 g/mol. The molecular weight excluding hydrogens is 242 g/mol. The summed E-state index contributed by atoms with van der Waals surface area (Å²) in [7, 11) is 0. The molecule has 3 rings (SSSR count). The van der Waals surface area contributed by atoms with E-state index < -0.39 is 12.0 Å². The van der Waals surface area contributed by atoms with Gasteiger partial charge < -0.3 is 10.0 Å². The quantitative estimate of drug-likeness (QED) is 0.892. The second-order valence-electron chi connectivity index (χ2n) is 4.76. The van der Waals surface area contributed by atoms with E-state index in [9.17, 15) is 9.90 Å². The van der Waals surface area contributed by atoms with Gasteiger partial charge >= 0.3 is 5.97 Å². The van der Waals surface area contributed by atoms with Crippen LogP contribution in [0.25, 0.3) is 11.0 Å². The number of carboxylic acid groups (broad SMARTS) is 1. The Kier molecular flexibility index (Phi) is 3.03. The fraction of sp³-hybridized carbons (Fsp3) is 0.357. The van der Waals surface area contributed by atoms with Crippen molar-refractivity contribution in [3.8, 4) is 0 Å². The first kappa shape index (κ1) is 11.9. The predicted octanol–water partition coefficient (Wildman–Crippen LogP) is 2.07. The van der Waals surface area contributed by atoms with E-state index >= 15 is 0 Å². The fourth-order valence-electron chi connectivity index (χ4n) is 2.55. The summed E-state index contributed by atoms with van der Waals surface area (Å²) in [5.41, 5.74) is 1.63. The summed E-state index contributed by atoms with van der Waals surface area (Å²) in [6.45, 7) is 0.726. The van der Waals surface area contributed by atoms with Crippen LogP contribution >= 0.6 is 0 Å². The van der Waals surface area contributed by atoms with Crippen LogP contribution in [0.2, 0.25) is 0 Å². The lowest BCUT2D eigenvalue weighted by atomic mass is 10.0. The number of aromatic nitrogens is 2. The Morgan fingerprint density at radius 1 is 1.26 bits per heavy atom. The Hall–Kier alpha value is -2.17. The van der Waals surface area contributed by atoms with Crippen LogP contribution in [0.15, 0.2) is 30.5 Å². The van der Waals surface area contributed by atoms with Crippen molar-refractivity contribution >= 4 is 22.8 Å². The Morgan fingerprint density at radius 3 is 2.84 bits per heavy atom. The second kappa shape index (κ2) is 4.84. The number of anilines is 1. The number of fused-ring (bicyclic) bond motifs is 1. The largest absolute Gasteiger partial charge is 0.480 e. The van der Waals surface area contributed by atoms with E-state index in [1.165, 1.54) is 0 Å². The molecule has 2 aromatic rings. The molecule has 1 fully saturated rings. The molecule has 5 heteroatoms. The minimum absolute atomic E-state index is 0.482. The van der Waals surface area contributed by atoms with E-state index in [4.69, 9.17) is 0 Å². The van der Waals surface area contributed by atoms with Gasteiger partial charge in [0.25, 0.3) is 0 Å². The molecule has 0 unspecified atom stereocenters. The third kappa shape index (κ3) is 2.23. The van der Waals surface area contributed by atoms with Crippen molar-refractivity contribution in [1.82, 2.24) is 9.97 Å². The molecule has 1 aromatic heterocycles. The lowest BCUT2D eigenvalue weighted by Crippen LogP contribution is -2.45. The molecule has 1 aliphatic rings. The number of carboxylic acids is 1. The zero-order valence-corrected chi connectivity index (χ0v) is 10.5. The third-order valence-corrected chi connectivity index (χ3v) is 3.52. The van der Waals surface area contributed by atoms with Crippen LogP contribution in [0.1, 0.15) is 19.3 Å². The summed E-state index contributed by atoms with van der Waals surface area (Å²) in [6, 6.07) is 7.13. The van der Waals surface area contributed by atoms with Gasteiger partial charge in [0.1, 0.15) is 11.9 Å². The number of hydrogen-bond donors (Lipinski definition) is 1. The number of rotatable bonds is 2. The summed E-state index contributed by atoms with van der Waals surface area (Å²) in [5.74, 6) is -0.125. The molecular formula is C14H15N3O2. The van der Waals surface area contributed by atoms with Crippen molar-refractivity contribution in [2.24, 2.45) is 0 Å². The van der Waals surface area contributed by atoms with Crippen molar-refractivity contribution < 1.29 is 9.90 Å². The van der Waals surface area contributed by atoms with Gasteiger partial charge in [-0.2, -0.15) is 0 Å². The maximum Gasteiger partial charge on any atom is 0.326 e. The van der Waals surface area contributed by atoms with Crippen LogP contribution in [0.5, 0.6) is 0 Å². The van der Waals surface area contributed by atoms with E-state index in [1.54, 1.807) is 6.20 Å². The second-order valence-corrected chi connectivity index (χ2v) is 4.76. The number of nitrogens with zero attached hydrogens (tertiary/aromatic N) is 3. The highest BCUT2D eigenvalue weighted by Gasteiger charge is 2.29. The monoisotopic (exact) mass is 257 g/mol. The maximum absolute atomic E-state index is 11.3. The number of benzene rings is 1. The van der Waals surface area contributed by atoms with Crippen LogP contribution in [0.3, 0.4) is 0 Å². The Morgan fingerprint density at radius 2 is 2.05 bits per heavy atom. The van der Waals surface area contributed by atoms with Gasteiger partial charge in [0.2, 0.25) is 0 Å². The number of aliphatic carboxylic acids is 1. The highest BCUT2D eigenvalue weighted by atomic mass is 16.4. The normalized spacial score (nSPS) is 19.6. The number of para-hydroxylation sites is 2. The van der Waals surface area contributed by atoms with Crippen LogP contribution in [-0.4, -0.2) is 33.6 Å². The van der Waals surface area contributed by atoms with Crippen molar-refractivity contribution in [1.29, 1.82) is 0 Å². The average Bonchev–Trinajstić information content (AvgIpc) is 2.46. The van der Waals surface area contributed by atoms with Gasteiger partial charge in [0, 0.05) is 6.54 Å². The molecule has 5 nitrogen and oxygen atoms in total. The van der Waals surface area contributed by atoms with E-state index in [2.05, 4.69) is 9.97 Å². The lowest BCUT2D eigenvalue weighted by Gasteiger charge is -2.33. The smallest absolute Gasteiger partial charge is 0.326 e. The molecule has 1 N–H and O–H groups in total. The number of carbonyl (C=O) groups is 1. The van der Waals surface area contributed by atoms with Gasteiger partial charge in [-0.05, 0) is 31.4 Å². The summed E-state index contributed by atoms with van der Waals surface area (Å²) in [4.78, 5) is 22.0. The zero-order valence-electron chi connectivity index (χ0n) is 10.5. The number of hydrogen-bond acceptors (Lipinski definition) is 4. The SMILES string of the molecule is O=C(O)[C@@H]1CCCCN1c1cnc2ccccc2n1. The van der Waals surface area contributed by atoms with E-state index in [-0.39, 0.29) is 0 Å². The molecule has 1 aliphatic heterocycles. The van der Waals surface area contributed by atoms with Gasteiger partial charge in [0.05, 0.1) is 17.2 Å². The van der Waals surface area contributed by atoms with Crippen LogP contribution in [-0.2, 0) is 4.79 Å². The minimum Gasteiger partial charge on any atom is -0.480 e. The Labute approximate surface area is 110 Å². The maximum atomic E-state index is 11.3. The molecule has 0 bridgehead atoms. The van der Waals surface area contributed by atoms with Gasteiger partial charge in [-0.1, -0.05) is 12.1 Å². The molecule has 19 heavy (non-hydrogen) atoms. The first-order chi connectivity index (χ1) is 9.25. The molecule has 0 spiro atoms. The van der Waals surface area contributed by atoms with E-state index in [0.717, 1.165) is 30.4 Å². The van der Waals surface area contributed by atoms with E-state index in [1.807, 2.05) is 29.2 Å². The highest BCUT2D eigenvalue weighted by Crippen LogP contribution is 2.24. The van der Waals surface area contributed by atoms with Crippen molar-refractivity contribution in [3.63, 3.8) is 0 Å². The summed E-state index contributed by atoms with van der Waals surface area (Å²) in [6.07, 6.45) is 4.29. The molecule has 0 saturated carbocycles. The van der Waals surface area contributed by atoms with E-state index in [0.29, 0.717) is 12.2 Å². The van der Waals surface area contributed by atoms with Gasteiger partial charge in [-0.3, -0.25) is 4.98 Å². The summed E-state index contributed by atoms with van der Waals surface area (Å²) in [5, 5.41) is 9.29. The van der Waals surface area contributed by atoms with Gasteiger partial charge in [-0.15, -0.1) is 0 Å². The van der Waals surface area contributed by atoms with Crippen LogP contribution < -0.4 is 4.90 Å². The van der Waals surface area contributed by atoms with Crippen molar-refractivity contribution in [2.75, 3.05) is 11.4 Å². The molecule has 0 radical (unpaired) electrons. The van der Waals surface area contributed by atoms with Gasteiger partial charge in [-0.25, -0.2) is 9.78 Å². The molecule has 1 aromatic carbocycles. The molecule has 0 amide bonds. The molecule has 1 saturated heterocycles. The number of piperidine rings is 1. The van der Waals surface area contributed by atoms with Crippen LogP contribution in [0.4, 0.5) is 5.82 Å². The topological polar surface area (TPSA) is 66.3 Å². The standard InChI is InChI=1S/C14H15N3O2/c18-14(19)12-7-3-4-8-17(12)13-9-15-10-5-1-2-6-11(10)16-13/h1-2,5-6,9,12H,3-4,7-8H2,(H,18,19)/t12-/m0/s1. The minimum atomic E-state index is -0.783. The van der Waals surface area contributed by atoms with Crippen LogP contribution in [0, 0.1) is 0 Å². The zero-order chi connectivity index (χ0) is 13.2. The predicted molar refractivity (Wildman–Crippen MR) is 72.2 cm³/mol. The molecule has 1 atom stereocenters. The lowest BCUT2D eigenvalue weighted by molar-refractivity contribution is -0.139. The first-order valence-electron chi connectivity index (χ1n) is 6.47. The Bertz CT molecular complexity index is 614. The Balaban J connectivity index is 1.99. The molecule has 2 heterocycles. The first-order valence-corrected chi connectivity index (χ1v) is 6.47. The molecule has 98 valence electrons.